The van der Waals surface area contributed by atoms with Gasteiger partial charge in [0.1, 0.15) is 23.1 Å². The Bertz CT molecular complexity index is 1240. The number of hydrogen-bond donors (Lipinski definition) is 1. The number of halogens is 4. The smallest absolute Gasteiger partial charge is 0.266 e. The van der Waals surface area contributed by atoms with Crippen molar-refractivity contribution >= 4 is 15.8 Å². The van der Waals surface area contributed by atoms with Crippen molar-refractivity contribution in [3.8, 4) is 5.75 Å². The second-order valence-corrected chi connectivity index (χ2v) is 8.95. The highest BCUT2D eigenvalue weighted by molar-refractivity contribution is 7.92. The molecule has 0 bridgehead atoms. The summed E-state index contributed by atoms with van der Waals surface area (Å²) in [4.78, 5) is 6.30. The van der Waals surface area contributed by atoms with E-state index >= 15 is 0 Å². The van der Waals surface area contributed by atoms with Gasteiger partial charge >= 0.3 is 0 Å². The minimum absolute atomic E-state index is 0.146. The molecule has 32 heavy (non-hydrogen) atoms. The van der Waals surface area contributed by atoms with Gasteiger partial charge in [0, 0.05) is 43.9 Å². The molecule has 1 aromatic carbocycles. The van der Waals surface area contributed by atoms with E-state index in [1.807, 2.05) is 4.72 Å². The lowest BCUT2D eigenvalue weighted by Gasteiger charge is -2.21. The molecule has 1 saturated carbocycles. The molecule has 0 spiro atoms. The summed E-state index contributed by atoms with van der Waals surface area (Å²) >= 11 is 0. The highest BCUT2D eigenvalue weighted by Gasteiger charge is 2.49. The number of nitrogens with zero attached hydrogens (tertiary/aromatic N) is 4. The second kappa shape index (κ2) is 8.04. The number of ether oxygens (including phenoxy) is 1. The van der Waals surface area contributed by atoms with Crippen LogP contribution in [0.1, 0.15) is 24.5 Å². The van der Waals surface area contributed by atoms with E-state index in [1.165, 1.54) is 23.1 Å². The quantitative estimate of drug-likeness (QED) is 0.554. The number of aromatic nitrogens is 4. The van der Waals surface area contributed by atoms with Crippen LogP contribution in [0.25, 0.3) is 0 Å². The number of nitrogens with one attached hydrogen (secondary N) is 1. The van der Waals surface area contributed by atoms with Crippen LogP contribution < -0.4 is 9.46 Å². The molecule has 2 heterocycles. The summed E-state index contributed by atoms with van der Waals surface area (Å²) in [6.45, 7) is 0. The standard InChI is InChI=1S/C19H17F4N5O3S/c1-28-12(4-7-26-28)11-8-19(22,23)9-14(11)31-13-2-3-15(18(21)17(13)20)32(29,30)27-16-5-6-24-10-25-16/h2-7,10-11,14H,8-9H2,1H3,(H,24,25,27)/t11-,14+/m1/s1. The third-order valence-electron chi connectivity index (χ3n) is 5.11. The van der Waals surface area contributed by atoms with Crippen LogP contribution in [0.5, 0.6) is 5.75 Å². The lowest BCUT2D eigenvalue weighted by Crippen LogP contribution is -2.23. The van der Waals surface area contributed by atoms with E-state index < -0.39 is 63.1 Å². The van der Waals surface area contributed by atoms with Crippen molar-refractivity contribution in [3.05, 3.63) is 60.3 Å². The second-order valence-electron chi connectivity index (χ2n) is 7.30. The average Bonchev–Trinajstić information content (AvgIpc) is 3.27. The molecule has 170 valence electrons. The van der Waals surface area contributed by atoms with Crippen molar-refractivity contribution in [1.29, 1.82) is 0 Å². The molecular formula is C19H17F4N5O3S. The highest BCUT2D eigenvalue weighted by Crippen LogP contribution is 2.46. The minimum atomic E-state index is -4.52. The fraction of sp³-hybridized carbons (Fsp3) is 0.316. The largest absolute Gasteiger partial charge is 0.486 e. The van der Waals surface area contributed by atoms with Crippen molar-refractivity contribution in [2.24, 2.45) is 7.05 Å². The molecule has 0 radical (unpaired) electrons. The normalized spacial score (nSPS) is 20.3. The minimum Gasteiger partial charge on any atom is -0.486 e. The summed E-state index contributed by atoms with van der Waals surface area (Å²) < 4.78 is 91.3. The van der Waals surface area contributed by atoms with Gasteiger partial charge in [0.2, 0.25) is 5.82 Å². The third kappa shape index (κ3) is 4.24. The van der Waals surface area contributed by atoms with Crippen molar-refractivity contribution in [2.75, 3.05) is 4.72 Å². The van der Waals surface area contributed by atoms with Crippen LogP contribution in [-0.2, 0) is 17.1 Å². The van der Waals surface area contributed by atoms with Gasteiger partial charge in [0.05, 0.1) is 0 Å². The van der Waals surface area contributed by atoms with Gasteiger partial charge in [-0.05, 0) is 24.3 Å². The molecule has 1 N–H and O–H groups in total. The van der Waals surface area contributed by atoms with Crippen LogP contribution >= 0.6 is 0 Å². The predicted molar refractivity (Wildman–Crippen MR) is 104 cm³/mol. The Balaban J connectivity index is 1.61. The van der Waals surface area contributed by atoms with Crippen LogP contribution in [0, 0.1) is 11.6 Å². The Hall–Kier alpha value is -3.22. The van der Waals surface area contributed by atoms with Crippen molar-refractivity contribution in [3.63, 3.8) is 0 Å². The lowest BCUT2D eigenvalue weighted by atomic mass is 10.0. The van der Waals surface area contributed by atoms with E-state index in [4.69, 9.17) is 4.74 Å². The first-order valence-electron chi connectivity index (χ1n) is 9.36. The number of rotatable bonds is 6. The van der Waals surface area contributed by atoms with Crippen LogP contribution in [0.15, 0.2) is 47.9 Å². The molecule has 1 fully saturated rings. The molecule has 1 aliphatic carbocycles. The fourth-order valence-corrected chi connectivity index (χ4v) is 4.74. The zero-order chi connectivity index (χ0) is 23.1. The molecule has 1 aliphatic rings. The molecule has 0 saturated heterocycles. The maximum Gasteiger partial charge on any atom is 0.266 e. The van der Waals surface area contributed by atoms with Gasteiger partial charge in [-0.25, -0.2) is 31.6 Å². The summed E-state index contributed by atoms with van der Waals surface area (Å²) in [7, 11) is -2.95. The SMILES string of the molecule is Cn1nccc1[C@H]1CC(F)(F)C[C@@H]1Oc1ccc(S(=O)(=O)Nc2ccncn2)c(F)c1F. The monoisotopic (exact) mass is 471 g/mol. The lowest BCUT2D eigenvalue weighted by molar-refractivity contribution is -0.00168. The maximum absolute atomic E-state index is 14.7. The fourth-order valence-electron chi connectivity index (χ4n) is 3.66. The summed E-state index contributed by atoms with van der Waals surface area (Å²) in [5.74, 6) is -8.01. The zero-order valence-electron chi connectivity index (χ0n) is 16.5. The number of benzene rings is 1. The van der Waals surface area contributed by atoms with Crippen LogP contribution in [0.4, 0.5) is 23.4 Å². The average molecular weight is 471 g/mol. The van der Waals surface area contributed by atoms with E-state index in [0.29, 0.717) is 5.69 Å². The van der Waals surface area contributed by atoms with Crippen molar-refractivity contribution in [1.82, 2.24) is 19.7 Å². The van der Waals surface area contributed by atoms with Crippen molar-refractivity contribution in [2.45, 2.75) is 35.7 Å². The molecule has 0 aliphatic heterocycles. The number of anilines is 1. The molecule has 2 aromatic heterocycles. The summed E-state index contributed by atoms with van der Waals surface area (Å²) in [5, 5.41) is 3.95. The molecule has 4 rings (SSSR count). The first kappa shape index (κ1) is 22.0. The Morgan fingerprint density at radius 3 is 2.56 bits per heavy atom. The zero-order valence-corrected chi connectivity index (χ0v) is 17.4. The summed E-state index contributed by atoms with van der Waals surface area (Å²) in [6.07, 6.45) is 1.34. The maximum atomic E-state index is 14.7. The van der Waals surface area contributed by atoms with Gasteiger partial charge in [0.25, 0.3) is 15.9 Å². The van der Waals surface area contributed by atoms with Crippen LogP contribution in [-0.4, -0.2) is 40.2 Å². The summed E-state index contributed by atoms with van der Waals surface area (Å²) in [6, 6.07) is 4.46. The van der Waals surface area contributed by atoms with Gasteiger partial charge in [-0.3, -0.25) is 9.40 Å². The van der Waals surface area contributed by atoms with E-state index in [0.717, 1.165) is 18.5 Å². The Morgan fingerprint density at radius 2 is 1.91 bits per heavy atom. The molecule has 13 heteroatoms. The molecule has 0 amide bonds. The first-order valence-corrected chi connectivity index (χ1v) is 10.8. The Labute approximate surface area is 180 Å². The predicted octanol–water partition coefficient (Wildman–Crippen LogP) is 3.25. The van der Waals surface area contributed by atoms with Crippen LogP contribution in [0.3, 0.4) is 0 Å². The van der Waals surface area contributed by atoms with E-state index in [2.05, 4.69) is 15.1 Å². The number of hydrogen-bond acceptors (Lipinski definition) is 6. The molecule has 8 nitrogen and oxygen atoms in total. The molecule has 2 atom stereocenters. The highest BCUT2D eigenvalue weighted by atomic mass is 32.2. The Morgan fingerprint density at radius 1 is 1.12 bits per heavy atom. The molecule has 0 unspecified atom stereocenters. The molecular weight excluding hydrogens is 454 g/mol. The Kier molecular flexibility index (Phi) is 5.53. The van der Waals surface area contributed by atoms with E-state index in [-0.39, 0.29) is 5.82 Å². The number of alkyl halides is 2. The van der Waals surface area contributed by atoms with Gasteiger partial charge in [-0.15, -0.1) is 0 Å². The van der Waals surface area contributed by atoms with E-state index in [1.54, 1.807) is 13.1 Å². The van der Waals surface area contributed by atoms with Gasteiger partial charge in [-0.2, -0.15) is 9.49 Å². The van der Waals surface area contributed by atoms with E-state index in [9.17, 15) is 26.0 Å². The summed E-state index contributed by atoms with van der Waals surface area (Å²) in [5.41, 5.74) is 0.460. The van der Waals surface area contributed by atoms with Crippen LogP contribution in [0.2, 0.25) is 0 Å². The topological polar surface area (TPSA) is 99.0 Å². The van der Waals surface area contributed by atoms with Gasteiger partial charge < -0.3 is 4.74 Å². The van der Waals surface area contributed by atoms with Crippen molar-refractivity contribution < 1.29 is 30.7 Å². The van der Waals surface area contributed by atoms with Gasteiger partial charge in [0.15, 0.2) is 11.6 Å². The first-order chi connectivity index (χ1) is 15.1. The van der Waals surface area contributed by atoms with Gasteiger partial charge in [-0.1, -0.05) is 0 Å². The number of sulfonamides is 1. The molecule has 3 aromatic rings. The number of aryl methyl sites for hydroxylation is 1. The third-order valence-corrected chi connectivity index (χ3v) is 6.48.